The summed E-state index contributed by atoms with van der Waals surface area (Å²) < 4.78 is 5.32. The molecule has 1 aromatic rings. The first-order chi connectivity index (χ1) is 6.59. The number of hydrogen-bond donors (Lipinski definition) is 1. The molecule has 5 heteroatoms. The lowest BCUT2D eigenvalue weighted by Gasteiger charge is -2.06. The second-order valence-corrected chi connectivity index (χ2v) is 3.73. The lowest BCUT2D eigenvalue weighted by Crippen LogP contribution is -2.13. The third-order valence-corrected chi connectivity index (χ3v) is 1.64. The van der Waals surface area contributed by atoms with E-state index in [9.17, 15) is 0 Å². The minimum atomic E-state index is 0.252. The number of hydrogen-bond acceptors (Lipinski definition) is 4. The maximum atomic E-state index is 5.42. The maximum Gasteiger partial charge on any atom is 0.316 e. The van der Waals surface area contributed by atoms with Crippen LogP contribution in [0.4, 0.5) is 0 Å². The van der Waals surface area contributed by atoms with E-state index in [0.29, 0.717) is 24.2 Å². The van der Waals surface area contributed by atoms with Crippen molar-refractivity contribution in [2.24, 2.45) is 11.7 Å². The molecule has 1 aromatic heterocycles. The van der Waals surface area contributed by atoms with Crippen molar-refractivity contribution in [1.29, 1.82) is 0 Å². The molecule has 0 aliphatic carbocycles. The topological polar surface area (TPSA) is 61.0 Å². The maximum absolute atomic E-state index is 5.42. The quantitative estimate of drug-likeness (QED) is 0.757. The normalized spacial score (nSPS) is 10.2. The molecular formula is C9H13N3OS. The van der Waals surface area contributed by atoms with E-state index < -0.39 is 0 Å². The van der Waals surface area contributed by atoms with Crippen molar-refractivity contribution in [2.45, 2.75) is 13.8 Å². The highest BCUT2D eigenvalue weighted by atomic mass is 32.1. The smallest absolute Gasteiger partial charge is 0.316 e. The van der Waals surface area contributed by atoms with E-state index in [0.717, 1.165) is 0 Å². The highest BCUT2D eigenvalue weighted by molar-refractivity contribution is 7.80. The van der Waals surface area contributed by atoms with E-state index in [1.165, 1.54) is 0 Å². The molecular weight excluding hydrogens is 198 g/mol. The van der Waals surface area contributed by atoms with Crippen LogP contribution < -0.4 is 10.5 Å². The Bertz CT molecular complexity index is 328. The Morgan fingerprint density at radius 3 is 2.93 bits per heavy atom. The van der Waals surface area contributed by atoms with Crippen LogP contribution in [0.5, 0.6) is 6.01 Å². The van der Waals surface area contributed by atoms with E-state index in [1.54, 1.807) is 12.3 Å². The predicted octanol–water partition coefficient (Wildman–Crippen LogP) is 1.15. The Kier molecular flexibility index (Phi) is 3.76. The summed E-state index contributed by atoms with van der Waals surface area (Å²) in [5, 5.41) is 0. The van der Waals surface area contributed by atoms with Crippen molar-refractivity contribution in [2.75, 3.05) is 6.61 Å². The van der Waals surface area contributed by atoms with Gasteiger partial charge in [-0.1, -0.05) is 26.1 Å². The zero-order chi connectivity index (χ0) is 10.6. The fourth-order valence-corrected chi connectivity index (χ4v) is 0.902. The number of aromatic nitrogens is 2. The molecule has 0 aliphatic rings. The third-order valence-electron chi connectivity index (χ3n) is 1.43. The molecule has 0 aromatic carbocycles. The van der Waals surface area contributed by atoms with Crippen LogP contribution in [0.25, 0.3) is 0 Å². The monoisotopic (exact) mass is 211 g/mol. The van der Waals surface area contributed by atoms with Crippen LogP contribution >= 0.6 is 12.2 Å². The van der Waals surface area contributed by atoms with Crippen LogP contribution in [0.15, 0.2) is 12.3 Å². The Labute approximate surface area is 88.5 Å². The summed E-state index contributed by atoms with van der Waals surface area (Å²) in [4.78, 5) is 8.24. The van der Waals surface area contributed by atoms with Crippen molar-refractivity contribution in [1.82, 2.24) is 9.97 Å². The number of nitrogens with two attached hydrogens (primary N) is 1. The molecule has 0 spiro atoms. The molecule has 76 valence electrons. The summed E-state index contributed by atoms with van der Waals surface area (Å²) in [6, 6.07) is 1.98. The Hall–Kier alpha value is -1.23. The molecule has 0 fully saturated rings. The number of ether oxygens (including phenoxy) is 1. The van der Waals surface area contributed by atoms with Crippen molar-refractivity contribution in [3.8, 4) is 6.01 Å². The Morgan fingerprint density at radius 2 is 2.36 bits per heavy atom. The number of nitrogens with zero attached hydrogens (tertiary/aromatic N) is 2. The Balaban J connectivity index is 2.69. The van der Waals surface area contributed by atoms with Gasteiger partial charge in [0.05, 0.1) is 6.61 Å². The van der Waals surface area contributed by atoms with Crippen molar-refractivity contribution >= 4 is 17.2 Å². The first kappa shape index (κ1) is 10.8. The number of thiocarbonyl (C=S) groups is 1. The molecule has 0 bridgehead atoms. The van der Waals surface area contributed by atoms with Gasteiger partial charge in [-0.15, -0.1) is 0 Å². The average Bonchev–Trinajstić information content (AvgIpc) is 2.15. The van der Waals surface area contributed by atoms with Crippen LogP contribution in [0.1, 0.15) is 19.5 Å². The molecule has 1 rings (SSSR count). The molecule has 0 amide bonds. The highest BCUT2D eigenvalue weighted by Gasteiger charge is 2.03. The lowest BCUT2D eigenvalue weighted by molar-refractivity contribution is 0.250. The van der Waals surface area contributed by atoms with E-state index in [1.807, 2.05) is 0 Å². The van der Waals surface area contributed by atoms with E-state index in [4.69, 9.17) is 22.7 Å². The molecule has 0 saturated carbocycles. The fraction of sp³-hybridized carbons (Fsp3) is 0.444. The summed E-state index contributed by atoms with van der Waals surface area (Å²) in [5.74, 6) is 0.437. The van der Waals surface area contributed by atoms with E-state index in [2.05, 4.69) is 23.8 Å². The lowest BCUT2D eigenvalue weighted by atomic mass is 10.2. The van der Waals surface area contributed by atoms with Crippen LogP contribution in [-0.4, -0.2) is 21.6 Å². The van der Waals surface area contributed by atoms with E-state index >= 15 is 0 Å². The summed E-state index contributed by atoms with van der Waals surface area (Å²) in [5.41, 5.74) is 5.96. The average molecular weight is 211 g/mol. The predicted molar refractivity (Wildman–Crippen MR) is 58.3 cm³/mol. The van der Waals surface area contributed by atoms with Crippen LogP contribution in [0.2, 0.25) is 0 Å². The minimum Gasteiger partial charge on any atom is -0.463 e. The first-order valence-corrected chi connectivity index (χ1v) is 4.76. The zero-order valence-corrected chi connectivity index (χ0v) is 9.04. The van der Waals surface area contributed by atoms with Crippen LogP contribution in [0.3, 0.4) is 0 Å². The molecule has 0 atom stereocenters. The number of rotatable bonds is 4. The standard InChI is InChI=1S/C9H13N3OS/c1-6(2)5-13-9-11-4-3-7(12-9)8(10)14/h3-4,6H,5H2,1-2H3,(H2,10,14). The third kappa shape index (κ3) is 3.26. The van der Waals surface area contributed by atoms with Gasteiger partial charge < -0.3 is 10.5 Å². The van der Waals surface area contributed by atoms with Gasteiger partial charge in [-0.3, -0.25) is 0 Å². The summed E-state index contributed by atoms with van der Waals surface area (Å²) in [6.45, 7) is 4.69. The largest absolute Gasteiger partial charge is 0.463 e. The van der Waals surface area contributed by atoms with Crippen molar-refractivity contribution in [3.05, 3.63) is 18.0 Å². The molecule has 14 heavy (non-hydrogen) atoms. The summed E-state index contributed by atoms with van der Waals surface area (Å²) in [6.07, 6.45) is 1.58. The minimum absolute atomic E-state index is 0.252. The molecule has 2 N–H and O–H groups in total. The van der Waals surface area contributed by atoms with Gasteiger partial charge in [0.15, 0.2) is 0 Å². The molecule has 0 aliphatic heterocycles. The second-order valence-electron chi connectivity index (χ2n) is 3.29. The van der Waals surface area contributed by atoms with Gasteiger partial charge in [0.1, 0.15) is 10.7 Å². The van der Waals surface area contributed by atoms with Gasteiger partial charge in [-0.2, -0.15) is 4.98 Å². The van der Waals surface area contributed by atoms with Gasteiger partial charge in [0.2, 0.25) is 0 Å². The van der Waals surface area contributed by atoms with Crippen LogP contribution in [0, 0.1) is 5.92 Å². The van der Waals surface area contributed by atoms with Crippen molar-refractivity contribution < 1.29 is 4.74 Å². The molecule has 0 saturated heterocycles. The molecule has 4 nitrogen and oxygen atoms in total. The van der Waals surface area contributed by atoms with Gasteiger partial charge in [0, 0.05) is 6.20 Å². The first-order valence-electron chi connectivity index (χ1n) is 4.35. The SMILES string of the molecule is CC(C)COc1nccc(C(N)=S)n1. The van der Waals surface area contributed by atoms with Gasteiger partial charge in [-0.25, -0.2) is 4.98 Å². The molecule has 0 radical (unpaired) electrons. The molecule has 1 heterocycles. The highest BCUT2D eigenvalue weighted by Crippen LogP contribution is 2.04. The van der Waals surface area contributed by atoms with Crippen LogP contribution in [-0.2, 0) is 0 Å². The van der Waals surface area contributed by atoms with Crippen molar-refractivity contribution in [3.63, 3.8) is 0 Å². The summed E-state index contributed by atoms with van der Waals surface area (Å²) >= 11 is 4.79. The van der Waals surface area contributed by atoms with Gasteiger partial charge in [-0.05, 0) is 12.0 Å². The molecule has 0 unspecified atom stereocenters. The Morgan fingerprint density at radius 1 is 1.64 bits per heavy atom. The second kappa shape index (κ2) is 4.85. The van der Waals surface area contributed by atoms with Gasteiger partial charge >= 0.3 is 6.01 Å². The van der Waals surface area contributed by atoms with E-state index in [-0.39, 0.29) is 4.99 Å². The fourth-order valence-electron chi connectivity index (χ4n) is 0.789. The zero-order valence-electron chi connectivity index (χ0n) is 8.23. The van der Waals surface area contributed by atoms with Gasteiger partial charge in [0.25, 0.3) is 0 Å². The summed E-state index contributed by atoms with van der Waals surface area (Å²) in [7, 11) is 0.